The van der Waals surface area contributed by atoms with Gasteiger partial charge < -0.3 is 20.3 Å². The van der Waals surface area contributed by atoms with Crippen molar-refractivity contribution in [1.29, 1.82) is 0 Å². The molecule has 2 aliphatic heterocycles. The first-order valence-electron chi connectivity index (χ1n) is 9.84. The molecule has 28 heavy (non-hydrogen) atoms. The van der Waals surface area contributed by atoms with Crippen LogP contribution in [0.15, 0.2) is 30.3 Å². The van der Waals surface area contributed by atoms with Crippen molar-refractivity contribution in [2.75, 3.05) is 39.1 Å². The summed E-state index contributed by atoms with van der Waals surface area (Å²) in [5, 5.41) is 6.46. The number of likely N-dealkylation sites (N-methyl/N-ethyl adjacent to an activating group) is 1. The molecule has 2 aliphatic rings. The van der Waals surface area contributed by atoms with Gasteiger partial charge in [-0.3, -0.25) is 4.79 Å². The van der Waals surface area contributed by atoms with Gasteiger partial charge in [0.1, 0.15) is 17.3 Å². The fourth-order valence-corrected chi connectivity index (χ4v) is 3.99. The number of fused-ring (bicyclic) bond motifs is 1. The van der Waals surface area contributed by atoms with Gasteiger partial charge >= 0.3 is 0 Å². The van der Waals surface area contributed by atoms with Crippen molar-refractivity contribution >= 4 is 11.7 Å². The molecule has 1 amide bonds. The van der Waals surface area contributed by atoms with Gasteiger partial charge in [0.25, 0.3) is 5.91 Å². The van der Waals surface area contributed by atoms with Crippen molar-refractivity contribution in [2.45, 2.75) is 31.4 Å². The van der Waals surface area contributed by atoms with Crippen molar-refractivity contribution in [2.24, 2.45) is 0 Å². The zero-order valence-corrected chi connectivity index (χ0v) is 16.4. The van der Waals surface area contributed by atoms with Gasteiger partial charge in [-0.05, 0) is 25.5 Å². The van der Waals surface area contributed by atoms with E-state index in [9.17, 15) is 4.79 Å². The molecular formula is C21H27N5O2. The molecule has 7 heteroatoms. The first-order chi connectivity index (χ1) is 13.6. The quantitative estimate of drug-likeness (QED) is 0.785. The molecule has 7 nitrogen and oxygen atoms in total. The Hall–Kier alpha value is -2.51. The van der Waals surface area contributed by atoms with Crippen LogP contribution in [-0.4, -0.2) is 66.7 Å². The summed E-state index contributed by atoms with van der Waals surface area (Å²) in [5.41, 5.74) is 2.66. The molecule has 1 fully saturated rings. The smallest absolute Gasteiger partial charge is 0.270 e. The Morgan fingerprint density at radius 1 is 1.21 bits per heavy atom. The lowest BCUT2D eigenvalue weighted by Crippen LogP contribution is -2.37. The number of anilines is 1. The number of nitrogens with zero attached hydrogens (tertiary/aromatic N) is 3. The minimum absolute atomic E-state index is 0.0980. The van der Waals surface area contributed by atoms with Crippen LogP contribution in [0.5, 0.6) is 0 Å². The predicted molar refractivity (Wildman–Crippen MR) is 108 cm³/mol. The van der Waals surface area contributed by atoms with Gasteiger partial charge in [-0.15, -0.1) is 0 Å². The van der Waals surface area contributed by atoms with E-state index in [0.717, 1.165) is 37.3 Å². The summed E-state index contributed by atoms with van der Waals surface area (Å²) in [6.45, 7) is 2.37. The van der Waals surface area contributed by atoms with E-state index in [0.29, 0.717) is 24.5 Å². The van der Waals surface area contributed by atoms with Gasteiger partial charge in [0.2, 0.25) is 0 Å². The second kappa shape index (κ2) is 8.24. The number of aromatic nitrogens is 2. The maximum atomic E-state index is 12.4. The number of amides is 1. The normalized spacial score (nSPS) is 22.0. The summed E-state index contributed by atoms with van der Waals surface area (Å²) in [6.07, 6.45) is 2.37. The van der Waals surface area contributed by atoms with Crippen LogP contribution in [-0.2, 0) is 24.0 Å². The highest BCUT2D eigenvalue weighted by Crippen LogP contribution is 2.24. The fourth-order valence-electron chi connectivity index (χ4n) is 3.99. The van der Waals surface area contributed by atoms with Crippen molar-refractivity contribution in [3.05, 3.63) is 53.0 Å². The molecule has 4 rings (SSSR count). The number of benzene rings is 1. The lowest BCUT2D eigenvalue weighted by Gasteiger charge is -2.24. The largest absolute Gasteiger partial charge is 0.378 e. The van der Waals surface area contributed by atoms with Gasteiger partial charge in [-0.2, -0.15) is 0 Å². The third kappa shape index (κ3) is 4.00. The molecule has 0 aliphatic carbocycles. The van der Waals surface area contributed by atoms with Crippen LogP contribution in [0.2, 0.25) is 0 Å². The van der Waals surface area contributed by atoms with E-state index in [-0.39, 0.29) is 18.1 Å². The summed E-state index contributed by atoms with van der Waals surface area (Å²) in [6, 6.07) is 10.4. The Labute approximate surface area is 165 Å². The Balaban J connectivity index is 1.60. The molecule has 2 atom stereocenters. The number of methoxy groups -OCH3 is 1. The second-order valence-corrected chi connectivity index (χ2v) is 7.55. The third-order valence-corrected chi connectivity index (χ3v) is 5.48. The van der Waals surface area contributed by atoms with Crippen molar-refractivity contribution in [3.63, 3.8) is 0 Å². The number of aryl methyl sites for hydroxylation is 2. The Morgan fingerprint density at radius 2 is 2.04 bits per heavy atom. The maximum Gasteiger partial charge on any atom is 0.270 e. The van der Waals surface area contributed by atoms with E-state index in [1.807, 2.05) is 18.2 Å². The average Bonchev–Trinajstić information content (AvgIpc) is 3.07. The standard InChI is InChI=1S/C21H27N5O2/c1-26-12-16(17(13-26)28-2)23-20-15-10-11-22-21(27)19(15)24-18(25-20)9-8-14-6-4-3-5-7-14/h3-7,16-17H,8-13H2,1-2H3,(H,22,27)(H,23,24,25)/t16-,17-/m0/s1. The molecule has 1 aromatic heterocycles. The minimum Gasteiger partial charge on any atom is -0.378 e. The molecule has 0 saturated carbocycles. The van der Waals surface area contributed by atoms with Crippen LogP contribution in [0.4, 0.5) is 5.82 Å². The average molecular weight is 381 g/mol. The fraction of sp³-hybridized carbons (Fsp3) is 0.476. The molecule has 0 radical (unpaired) electrons. The zero-order valence-electron chi connectivity index (χ0n) is 16.4. The molecular weight excluding hydrogens is 354 g/mol. The number of hydrogen-bond acceptors (Lipinski definition) is 6. The second-order valence-electron chi connectivity index (χ2n) is 7.55. The minimum atomic E-state index is -0.112. The van der Waals surface area contributed by atoms with Crippen LogP contribution in [0, 0.1) is 0 Å². The molecule has 1 aromatic carbocycles. The van der Waals surface area contributed by atoms with Gasteiger partial charge in [0.15, 0.2) is 0 Å². The van der Waals surface area contributed by atoms with Crippen molar-refractivity contribution < 1.29 is 9.53 Å². The number of hydrogen-bond donors (Lipinski definition) is 2. The molecule has 3 heterocycles. The molecule has 2 N–H and O–H groups in total. The Kier molecular flexibility index (Phi) is 5.54. The van der Waals surface area contributed by atoms with E-state index in [2.05, 4.69) is 39.7 Å². The number of nitrogens with one attached hydrogen (secondary N) is 2. The first-order valence-corrected chi connectivity index (χ1v) is 9.84. The number of rotatable bonds is 6. The molecule has 0 unspecified atom stereocenters. The van der Waals surface area contributed by atoms with Gasteiger partial charge in [-0.25, -0.2) is 9.97 Å². The third-order valence-electron chi connectivity index (χ3n) is 5.48. The Bertz CT molecular complexity index is 842. The molecule has 1 saturated heterocycles. The van der Waals surface area contributed by atoms with E-state index in [4.69, 9.17) is 9.72 Å². The van der Waals surface area contributed by atoms with Crippen LogP contribution < -0.4 is 10.6 Å². The van der Waals surface area contributed by atoms with E-state index < -0.39 is 0 Å². The van der Waals surface area contributed by atoms with Crippen LogP contribution >= 0.6 is 0 Å². The topological polar surface area (TPSA) is 79.4 Å². The van der Waals surface area contributed by atoms with E-state index in [1.165, 1.54) is 5.56 Å². The van der Waals surface area contributed by atoms with Gasteiger partial charge in [0.05, 0.1) is 12.1 Å². The number of ether oxygens (including phenoxy) is 1. The number of carbonyl (C=O) groups excluding carboxylic acids is 1. The molecule has 0 bridgehead atoms. The number of likely N-dealkylation sites (tertiary alicyclic amines) is 1. The van der Waals surface area contributed by atoms with Gasteiger partial charge in [0, 0.05) is 38.7 Å². The Morgan fingerprint density at radius 3 is 2.82 bits per heavy atom. The maximum absolute atomic E-state index is 12.4. The summed E-state index contributed by atoms with van der Waals surface area (Å²) >= 11 is 0. The van der Waals surface area contributed by atoms with Crippen molar-refractivity contribution in [3.8, 4) is 0 Å². The lowest BCUT2D eigenvalue weighted by molar-refractivity contribution is 0.0940. The first kappa shape index (κ1) is 18.8. The number of carbonyl (C=O) groups is 1. The van der Waals surface area contributed by atoms with Gasteiger partial charge in [-0.1, -0.05) is 30.3 Å². The molecule has 0 spiro atoms. The van der Waals surface area contributed by atoms with Crippen LogP contribution in [0.1, 0.15) is 27.4 Å². The monoisotopic (exact) mass is 381 g/mol. The molecule has 148 valence electrons. The van der Waals surface area contributed by atoms with E-state index >= 15 is 0 Å². The van der Waals surface area contributed by atoms with Crippen LogP contribution in [0.3, 0.4) is 0 Å². The lowest BCUT2D eigenvalue weighted by atomic mass is 10.0. The SMILES string of the molecule is CO[C@H]1CN(C)C[C@@H]1Nc1nc(CCc2ccccc2)nc2c1CCNC2=O. The van der Waals surface area contributed by atoms with E-state index in [1.54, 1.807) is 7.11 Å². The zero-order chi connectivity index (χ0) is 19.5. The highest BCUT2D eigenvalue weighted by Gasteiger charge is 2.33. The summed E-state index contributed by atoms with van der Waals surface area (Å²) in [4.78, 5) is 24.1. The summed E-state index contributed by atoms with van der Waals surface area (Å²) in [5.74, 6) is 1.37. The highest BCUT2D eigenvalue weighted by atomic mass is 16.5. The highest BCUT2D eigenvalue weighted by molar-refractivity contribution is 5.96. The summed E-state index contributed by atoms with van der Waals surface area (Å²) < 4.78 is 5.64. The molecule has 2 aromatic rings. The predicted octanol–water partition coefficient (Wildman–Crippen LogP) is 1.29. The van der Waals surface area contributed by atoms with Crippen molar-refractivity contribution in [1.82, 2.24) is 20.2 Å². The van der Waals surface area contributed by atoms with Crippen LogP contribution in [0.25, 0.3) is 0 Å². The summed E-state index contributed by atoms with van der Waals surface area (Å²) in [7, 11) is 3.83.